The van der Waals surface area contributed by atoms with E-state index in [9.17, 15) is 8.78 Å². The van der Waals surface area contributed by atoms with Crippen LogP contribution in [0.5, 0.6) is 0 Å². The first kappa shape index (κ1) is 11.8. The molecule has 1 atom stereocenters. The number of halogens is 2. The van der Waals surface area contributed by atoms with E-state index in [-0.39, 0.29) is 12.1 Å². The molecule has 0 aromatic heterocycles. The molecule has 1 aliphatic heterocycles. The fraction of sp³-hybridized carbons (Fsp3) is 0.417. The van der Waals surface area contributed by atoms with Crippen molar-refractivity contribution in [2.45, 2.75) is 25.9 Å². The van der Waals surface area contributed by atoms with Gasteiger partial charge in [0.25, 0.3) is 0 Å². The van der Waals surface area contributed by atoms with Crippen molar-refractivity contribution in [1.29, 1.82) is 0 Å². The van der Waals surface area contributed by atoms with E-state index in [0.29, 0.717) is 18.1 Å². The molecule has 2 N–H and O–H groups in total. The van der Waals surface area contributed by atoms with Crippen molar-refractivity contribution in [3.8, 4) is 0 Å². The minimum atomic E-state index is -0.575. The monoisotopic (exact) mass is 239 g/mol. The quantitative estimate of drug-likeness (QED) is 0.858. The van der Waals surface area contributed by atoms with E-state index < -0.39 is 11.6 Å². The van der Waals surface area contributed by atoms with Crippen molar-refractivity contribution >= 4 is 5.96 Å². The third-order valence-electron chi connectivity index (χ3n) is 2.90. The molecule has 1 heterocycles. The van der Waals surface area contributed by atoms with Gasteiger partial charge in [0.1, 0.15) is 11.6 Å². The number of guanidine groups is 1. The third kappa shape index (κ3) is 2.09. The van der Waals surface area contributed by atoms with Crippen LogP contribution in [0.15, 0.2) is 23.2 Å². The Kier molecular flexibility index (Phi) is 3.00. The molecule has 0 saturated heterocycles. The highest BCUT2D eigenvalue weighted by molar-refractivity contribution is 5.80. The maximum atomic E-state index is 13.7. The Hall–Kier alpha value is -1.65. The first-order valence-electron chi connectivity index (χ1n) is 5.54. The number of nitrogens with two attached hydrogens (primary N) is 1. The van der Waals surface area contributed by atoms with E-state index in [1.165, 1.54) is 12.1 Å². The summed E-state index contributed by atoms with van der Waals surface area (Å²) in [5.74, 6) is -0.714. The molecule has 92 valence electrons. The zero-order chi connectivity index (χ0) is 12.6. The molecule has 17 heavy (non-hydrogen) atoms. The van der Waals surface area contributed by atoms with Gasteiger partial charge < -0.3 is 10.6 Å². The van der Waals surface area contributed by atoms with E-state index in [2.05, 4.69) is 4.99 Å². The lowest BCUT2D eigenvalue weighted by Crippen LogP contribution is -2.41. The number of benzene rings is 1. The zero-order valence-electron chi connectivity index (χ0n) is 9.82. The fourth-order valence-electron chi connectivity index (χ4n) is 2.15. The van der Waals surface area contributed by atoms with Crippen LogP contribution in [-0.4, -0.2) is 23.4 Å². The minimum absolute atomic E-state index is 0.121. The van der Waals surface area contributed by atoms with Crippen LogP contribution in [0, 0.1) is 11.6 Å². The van der Waals surface area contributed by atoms with Crippen LogP contribution in [0.25, 0.3) is 0 Å². The van der Waals surface area contributed by atoms with Gasteiger partial charge >= 0.3 is 0 Å². The van der Waals surface area contributed by atoms with Crippen molar-refractivity contribution in [3.63, 3.8) is 0 Å². The molecule has 0 fully saturated rings. The van der Waals surface area contributed by atoms with Gasteiger partial charge in [0.2, 0.25) is 0 Å². The topological polar surface area (TPSA) is 41.6 Å². The van der Waals surface area contributed by atoms with Crippen LogP contribution < -0.4 is 5.73 Å². The highest BCUT2D eigenvalue weighted by Gasteiger charge is 2.31. The van der Waals surface area contributed by atoms with Crippen molar-refractivity contribution in [1.82, 2.24) is 4.90 Å². The predicted octanol–water partition coefficient (Wildman–Crippen LogP) is 2.04. The Labute approximate surface area is 98.9 Å². The highest BCUT2D eigenvalue weighted by atomic mass is 19.1. The van der Waals surface area contributed by atoms with Crippen LogP contribution in [0.4, 0.5) is 8.78 Å². The first-order valence-corrected chi connectivity index (χ1v) is 5.54. The summed E-state index contributed by atoms with van der Waals surface area (Å²) in [6.45, 7) is 4.33. The Morgan fingerprint density at radius 3 is 2.71 bits per heavy atom. The molecule has 0 saturated carbocycles. The van der Waals surface area contributed by atoms with Crippen LogP contribution in [0.1, 0.15) is 25.5 Å². The lowest BCUT2D eigenvalue weighted by Gasteiger charge is -2.30. The molecule has 0 radical (unpaired) electrons. The standard InChI is InChI=1S/C12H15F2N3/c1-7(2)17-11(6-16-12(17)15)9-4-3-8(13)5-10(9)14/h3-5,7,11H,6H2,1-2H3,(H2,15,16). The van der Waals surface area contributed by atoms with Gasteiger partial charge in [-0.15, -0.1) is 0 Å². The second kappa shape index (κ2) is 4.31. The van der Waals surface area contributed by atoms with Gasteiger partial charge in [-0.05, 0) is 19.9 Å². The summed E-state index contributed by atoms with van der Waals surface area (Å²) in [4.78, 5) is 5.96. The van der Waals surface area contributed by atoms with Gasteiger partial charge in [-0.2, -0.15) is 0 Å². The van der Waals surface area contributed by atoms with Gasteiger partial charge in [-0.25, -0.2) is 8.78 Å². The van der Waals surface area contributed by atoms with Crippen LogP contribution in [-0.2, 0) is 0 Å². The SMILES string of the molecule is CC(C)N1C(N)=NCC1c1ccc(F)cc1F. The van der Waals surface area contributed by atoms with Gasteiger partial charge in [0.05, 0.1) is 12.6 Å². The van der Waals surface area contributed by atoms with E-state index in [1.807, 2.05) is 18.7 Å². The van der Waals surface area contributed by atoms with Gasteiger partial charge in [0.15, 0.2) is 5.96 Å². The summed E-state index contributed by atoms with van der Waals surface area (Å²) >= 11 is 0. The number of hydrogen-bond donors (Lipinski definition) is 1. The zero-order valence-corrected chi connectivity index (χ0v) is 9.82. The Bertz CT molecular complexity index is 457. The predicted molar refractivity (Wildman–Crippen MR) is 62.6 cm³/mol. The molecular weight excluding hydrogens is 224 g/mol. The fourth-order valence-corrected chi connectivity index (χ4v) is 2.15. The first-order chi connectivity index (χ1) is 8.00. The maximum absolute atomic E-state index is 13.7. The summed E-state index contributed by atoms with van der Waals surface area (Å²) < 4.78 is 26.6. The molecule has 1 unspecified atom stereocenters. The summed E-state index contributed by atoms with van der Waals surface area (Å²) in [7, 11) is 0. The second-order valence-corrected chi connectivity index (χ2v) is 4.38. The molecule has 0 spiro atoms. The summed E-state index contributed by atoms with van der Waals surface area (Å²) in [5, 5.41) is 0. The summed E-state index contributed by atoms with van der Waals surface area (Å²) in [6, 6.07) is 3.48. The van der Waals surface area contributed by atoms with Gasteiger partial charge in [0, 0.05) is 17.7 Å². The summed E-state index contributed by atoms with van der Waals surface area (Å²) in [5.41, 5.74) is 6.20. The molecule has 5 heteroatoms. The Morgan fingerprint density at radius 1 is 1.41 bits per heavy atom. The minimum Gasteiger partial charge on any atom is -0.370 e. The Morgan fingerprint density at radius 2 is 2.12 bits per heavy atom. The molecule has 0 aliphatic carbocycles. The molecular formula is C12H15F2N3. The van der Waals surface area contributed by atoms with Crippen molar-refractivity contribution in [2.24, 2.45) is 10.7 Å². The molecule has 2 rings (SSSR count). The molecule has 0 bridgehead atoms. The van der Waals surface area contributed by atoms with Crippen molar-refractivity contribution < 1.29 is 8.78 Å². The molecule has 1 aromatic rings. The average molecular weight is 239 g/mol. The number of nitrogens with zero attached hydrogens (tertiary/aromatic N) is 2. The number of aliphatic imine (C=N–C) groups is 1. The van der Waals surface area contributed by atoms with Gasteiger partial charge in [-0.3, -0.25) is 4.99 Å². The van der Waals surface area contributed by atoms with E-state index in [0.717, 1.165) is 6.07 Å². The smallest absolute Gasteiger partial charge is 0.192 e. The average Bonchev–Trinajstić information content (AvgIpc) is 2.60. The number of rotatable bonds is 2. The lowest BCUT2D eigenvalue weighted by molar-refractivity contribution is 0.284. The Balaban J connectivity index is 2.35. The van der Waals surface area contributed by atoms with Crippen molar-refractivity contribution in [3.05, 3.63) is 35.4 Å². The van der Waals surface area contributed by atoms with E-state index in [1.54, 1.807) is 0 Å². The van der Waals surface area contributed by atoms with Gasteiger partial charge in [-0.1, -0.05) is 6.07 Å². The summed E-state index contributed by atoms with van der Waals surface area (Å²) in [6.07, 6.45) is 0. The lowest BCUT2D eigenvalue weighted by atomic mass is 10.0. The van der Waals surface area contributed by atoms with Crippen molar-refractivity contribution in [2.75, 3.05) is 6.54 Å². The number of hydrogen-bond acceptors (Lipinski definition) is 3. The van der Waals surface area contributed by atoms with Crippen LogP contribution >= 0.6 is 0 Å². The van der Waals surface area contributed by atoms with Crippen LogP contribution in [0.3, 0.4) is 0 Å². The largest absolute Gasteiger partial charge is 0.370 e. The van der Waals surface area contributed by atoms with Crippen LogP contribution in [0.2, 0.25) is 0 Å². The normalized spacial score (nSPS) is 19.9. The molecule has 0 amide bonds. The highest BCUT2D eigenvalue weighted by Crippen LogP contribution is 2.29. The molecule has 1 aromatic carbocycles. The second-order valence-electron chi connectivity index (χ2n) is 4.38. The van der Waals surface area contributed by atoms with E-state index in [4.69, 9.17) is 5.73 Å². The maximum Gasteiger partial charge on any atom is 0.192 e. The third-order valence-corrected chi connectivity index (χ3v) is 2.90. The molecule has 3 nitrogen and oxygen atoms in total. The molecule has 1 aliphatic rings. The van der Waals surface area contributed by atoms with E-state index >= 15 is 0 Å².